The molecule has 0 atom stereocenters. The summed E-state index contributed by atoms with van der Waals surface area (Å²) in [7, 11) is 4.94. The molecule has 0 spiro atoms. The summed E-state index contributed by atoms with van der Waals surface area (Å²) in [5, 5.41) is 0. The second kappa shape index (κ2) is 5.24. The number of methoxy groups -OCH3 is 1. The van der Waals surface area contributed by atoms with Crippen LogP contribution in [0.25, 0.3) is 0 Å². The molecule has 0 aromatic heterocycles. The van der Waals surface area contributed by atoms with Crippen LogP contribution in [0, 0.1) is 0 Å². The van der Waals surface area contributed by atoms with Gasteiger partial charge in [-0.25, -0.2) is 0 Å². The van der Waals surface area contributed by atoms with Crippen LogP contribution in [0.2, 0.25) is 0 Å². The number of carbonyl (C=O) groups is 2. The first-order chi connectivity index (χ1) is 9.06. The number of hydrogen-bond donors (Lipinski definition) is 0. The molecule has 1 aromatic rings. The standard InChI is InChI=1S/C14H15NO4/c1-15(2)10-7-11(16)9-5-4-6-12(19-8-18-3)13(9)14(10)17/h4-7H,8H2,1-3H3. The van der Waals surface area contributed by atoms with Crippen molar-refractivity contribution in [3.63, 3.8) is 0 Å². The van der Waals surface area contributed by atoms with Crippen LogP contribution in [0.3, 0.4) is 0 Å². The number of allylic oxidation sites excluding steroid dienone is 2. The number of hydrogen-bond acceptors (Lipinski definition) is 5. The molecule has 19 heavy (non-hydrogen) atoms. The molecule has 100 valence electrons. The number of benzene rings is 1. The zero-order chi connectivity index (χ0) is 14.0. The highest BCUT2D eigenvalue weighted by Crippen LogP contribution is 2.30. The van der Waals surface area contributed by atoms with Gasteiger partial charge in [-0.1, -0.05) is 12.1 Å². The molecule has 1 aliphatic carbocycles. The van der Waals surface area contributed by atoms with Crippen LogP contribution >= 0.6 is 0 Å². The van der Waals surface area contributed by atoms with E-state index in [9.17, 15) is 9.59 Å². The summed E-state index contributed by atoms with van der Waals surface area (Å²) in [6.07, 6.45) is 1.35. The lowest BCUT2D eigenvalue weighted by Crippen LogP contribution is -2.26. The molecule has 0 aliphatic heterocycles. The summed E-state index contributed by atoms with van der Waals surface area (Å²) in [4.78, 5) is 26.1. The number of likely N-dealkylation sites (N-methyl/N-ethyl adjacent to an activating group) is 1. The molecule has 0 saturated carbocycles. The van der Waals surface area contributed by atoms with Gasteiger partial charge in [0.05, 0.1) is 11.3 Å². The number of Topliss-reactive ketones (excluding diaryl/α,β-unsaturated/α-hetero) is 1. The van der Waals surface area contributed by atoms with Crippen molar-refractivity contribution in [2.45, 2.75) is 0 Å². The largest absolute Gasteiger partial charge is 0.467 e. The van der Waals surface area contributed by atoms with Gasteiger partial charge in [0.25, 0.3) is 0 Å². The Hall–Kier alpha value is -2.14. The molecular formula is C14H15NO4. The molecule has 1 aliphatic rings. The first kappa shape index (κ1) is 13.3. The Morgan fingerprint density at radius 3 is 2.58 bits per heavy atom. The monoisotopic (exact) mass is 261 g/mol. The Balaban J connectivity index is 2.51. The van der Waals surface area contributed by atoms with E-state index in [0.717, 1.165) is 0 Å². The third-order valence-corrected chi connectivity index (χ3v) is 2.83. The van der Waals surface area contributed by atoms with Crippen LogP contribution < -0.4 is 4.74 Å². The molecule has 0 amide bonds. The molecule has 0 saturated heterocycles. The van der Waals surface area contributed by atoms with E-state index in [4.69, 9.17) is 9.47 Å². The van der Waals surface area contributed by atoms with Crippen molar-refractivity contribution in [1.82, 2.24) is 4.90 Å². The van der Waals surface area contributed by atoms with Crippen molar-refractivity contribution in [2.75, 3.05) is 28.0 Å². The summed E-state index contributed by atoms with van der Waals surface area (Å²) >= 11 is 0. The number of ether oxygens (including phenoxy) is 2. The molecular weight excluding hydrogens is 246 g/mol. The molecule has 0 radical (unpaired) electrons. The summed E-state index contributed by atoms with van der Waals surface area (Å²) < 4.78 is 10.2. The minimum Gasteiger partial charge on any atom is -0.467 e. The summed E-state index contributed by atoms with van der Waals surface area (Å²) in [5.74, 6) is -0.0439. The van der Waals surface area contributed by atoms with E-state index in [2.05, 4.69) is 0 Å². The molecule has 0 N–H and O–H groups in total. The van der Waals surface area contributed by atoms with Gasteiger partial charge in [-0.05, 0) is 6.07 Å². The quantitative estimate of drug-likeness (QED) is 0.769. The first-order valence-electron chi connectivity index (χ1n) is 5.79. The van der Waals surface area contributed by atoms with E-state index in [1.165, 1.54) is 13.2 Å². The van der Waals surface area contributed by atoms with Gasteiger partial charge in [0.15, 0.2) is 12.6 Å². The molecule has 0 bridgehead atoms. The number of rotatable bonds is 4. The third kappa shape index (κ3) is 2.37. The highest BCUT2D eigenvalue weighted by Gasteiger charge is 2.29. The Kier molecular flexibility index (Phi) is 3.66. The van der Waals surface area contributed by atoms with Gasteiger partial charge >= 0.3 is 0 Å². The van der Waals surface area contributed by atoms with Crippen molar-refractivity contribution >= 4 is 11.6 Å². The summed E-state index contributed by atoms with van der Waals surface area (Å²) in [6.45, 7) is 0.0267. The first-order valence-corrected chi connectivity index (χ1v) is 5.79. The highest BCUT2D eigenvalue weighted by molar-refractivity contribution is 6.25. The maximum atomic E-state index is 12.4. The van der Waals surface area contributed by atoms with Gasteiger partial charge in [-0.3, -0.25) is 9.59 Å². The maximum Gasteiger partial charge on any atom is 0.213 e. The number of nitrogens with zero attached hydrogens (tertiary/aromatic N) is 1. The fraction of sp³-hybridized carbons (Fsp3) is 0.286. The average molecular weight is 261 g/mol. The van der Waals surface area contributed by atoms with Gasteiger partial charge in [-0.2, -0.15) is 0 Å². The van der Waals surface area contributed by atoms with Gasteiger partial charge in [0, 0.05) is 32.8 Å². The van der Waals surface area contributed by atoms with Crippen molar-refractivity contribution in [1.29, 1.82) is 0 Å². The smallest absolute Gasteiger partial charge is 0.213 e. The lowest BCUT2D eigenvalue weighted by molar-refractivity contribution is 0.0501. The van der Waals surface area contributed by atoms with E-state index >= 15 is 0 Å². The van der Waals surface area contributed by atoms with Crippen molar-refractivity contribution < 1.29 is 19.1 Å². The fourth-order valence-electron chi connectivity index (χ4n) is 1.94. The van der Waals surface area contributed by atoms with E-state index < -0.39 is 0 Å². The van der Waals surface area contributed by atoms with Crippen LogP contribution in [0.4, 0.5) is 0 Å². The Morgan fingerprint density at radius 1 is 1.21 bits per heavy atom. The lowest BCUT2D eigenvalue weighted by atomic mass is 9.91. The molecule has 5 heteroatoms. The Labute approximate surface area is 111 Å². The second-order valence-electron chi connectivity index (χ2n) is 4.35. The van der Waals surface area contributed by atoms with Crippen molar-refractivity contribution in [3.05, 3.63) is 41.1 Å². The minimum atomic E-state index is -0.216. The zero-order valence-electron chi connectivity index (χ0n) is 11.1. The third-order valence-electron chi connectivity index (χ3n) is 2.83. The van der Waals surface area contributed by atoms with Crippen molar-refractivity contribution in [3.8, 4) is 5.75 Å². The molecule has 0 heterocycles. The zero-order valence-corrected chi connectivity index (χ0v) is 11.1. The molecule has 0 unspecified atom stereocenters. The molecule has 0 fully saturated rings. The van der Waals surface area contributed by atoms with Crippen LogP contribution in [-0.2, 0) is 4.74 Å². The van der Waals surface area contributed by atoms with Crippen LogP contribution in [-0.4, -0.2) is 44.5 Å². The van der Waals surface area contributed by atoms with E-state index in [1.807, 2.05) is 0 Å². The molecule has 5 nitrogen and oxygen atoms in total. The predicted octanol–water partition coefficient (Wildman–Crippen LogP) is 1.49. The fourth-order valence-corrected chi connectivity index (χ4v) is 1.94. The number of carbonyl (C=O) groups excluding carboxylic acids is 2. The van der Waals surface area contributed by atoms with E-state index in [1.54, 1.807) is 37.2 Å². The van der Waals surface area contributed by atoms with E-state index in [0.29, 0.717) is 22.6 Å². The maximum absolute atomic E-state index is 12.4. The molecule has 2 rings (SSSR count). The van der Waals surface area contributed by atoms with Crippen LogP contribution in [0.1, 0.15) is 20.7 Å². The topological polar surface area (TPSA) is 55.8 Å². The Bertz CT molecular complexity index is 561. The van der Waals surface area contributed by atoms with Gasteiger partial charge in [0.2, 0.25) is 5.78 Å². The molecule has 1 aromatic carbocycles. The lowest BCUT2D eigenvalue weighted by Gasteiger charge is -2.22. The van der Waals surface area contributed by atoms with Gasteiger partial charge in [0.1, 0.15) is 5.75 Å². The second-order valence-corrected chi connectivity index (χ2v) is 4.35. The predicted molar refractivity (Wildman–Crippen MR) is 69.4 cm³/mol. The summed E-state index contributed by atoms with van der Waals surface area (Å²) in [6, 6.07) is 4.96. The number of fused-ring (bicyclic) bond motifs is 1. The van der Waals surface area contributed by atoms with E-state index in [-0.39, 0.29) is 18.4 Å². The Morgan fingerprint density at radius 2 is 1.95 bits per heavy atom. The normalized spacial score (nSPS) is 13.9. The van der Waals surface area contributed by atoms with Crippen molar-refractivity contribution in [2.24, 2.45) is 0 Å². The summed E-state index contributed by atoms with van der Waals surface area (Å²) in [5.41, 5.74) is 1.02. The minimum absolute atomic E-state index is 0.0267. The highest BCUT2D eigenvalue weighted by atomic mass is 16.7. The van der Waals surface area contributed by atoms with Crippen LogP contribution in [0.15, 0.2) is 30.0 Å². The van der Waals surface area contributed by atoms with Gasteiger partial charge in [-0.15, -0.1) is 0 Å². The SMILES string of the molecule is COCOc1cccc2c1C(=O)C(N(C)C)=CC2=O. The van der Waals surface area contributed by atoms with Crippen LogP contribution in [0.5, 0.6) is 5.75 Å². The van der Waals surface area contributed by atoms with Gasteiger partial charge < -0.3 is 14.4 Å². The number of ketones is 2. The average Bonchev–Trinajstić information content (AvgIpc) is 2.39.